The number of fused-ring (bicyclic) bond motifs is 1. The molecule has 3 rings (SSSR count). The molecule has 20 heavy (non-hydrogen) atoms. The summed E-state index contributed by atoms with van der Waals surface area (Å²) in [5.74, 6) is 1.46. The second kappa shape index (κ2) is 5.35. The number of hydrogen-bond donors (Lipinski definition) is 2. The van der Waals surface area contributed by atoms with E-state index in [2.05, 4.69) is 24.5 Å². The monoisotopic (exact) mass is 273 g/mol. The Hall–Kier alpha value is -1.71. The van der Waals surface area contributed by atoms with Gasteiger partial charge in [-0.3, -0.25) is 4.79 Å². The first-order valence-corrected chi connectivity index (χ1v) is 7.57. The van der Waals surface area contributed by atoms with Crippen molar-refractivity contribution in [2.75, 3.05) is 36.8 Å². The van der Waals surface area contributed by atoms with Crippen molar-refractivity contribution in [3.8, 4) is 0 Å². The standard InChI is InChI=1S/C16H23N3O/c1-11-6-9-19(10-12(11)2)16(20)13-4-3-5-14-15(13)18-8-7-17-14/h3-5,11-12,17-18H,6-10H2,1-2H3. The van der Waals surface area contributed by atoms with Crippen molar-refractivity contribution in [1.82, 2.24) is 4.90 Å². The van der Waals surface area contributed by atoms with E-state index in [-0.39, 0.29) is 5.91 Å². The lowest BCUT2D eigenvalue weighted by Crippen LogP contribution is -2.42. The summed E-state index contributed by atoms with van der Waals surface area (Å²) >= 11 is 0. The summed E-state index contributed by atoms with van der Waals surface area (Å²) in [6, 6.07) is 5.92. The van der Waals surface area contributed by atoms with Crippen molar-refractivity contribution in [3.63, 3.8) is 0 Å². The Morgan fingerprint density at radius 3 is 2.80 bits per heavy atom. The highest BCUT2D eigenvalue weighted by atomic mass is 16.2. The molecule has 2 heterocycles. The zero-order valence-corrected chi connectivity index (χ0v) is 12.3. The topological polar surface area (TPSA) is 44.4 Å². The van der Waals surface area contributed by atoms with Gasteiger partial charge in [0.2, 0.25) is 0 Å². The number of carbonyl (C=O) groups is 1. The quantitative estimate of drug-likeness (QED) is 0.827. The predicted molar refractivity (Wildman–Crippen MR) is 82.3 cm³/mol. The number of hydrogen-bond acceptors (Lipinski definition) is 3. The van der Waals surface area contributed by atoms with Crippen LogP contribution in [-0.2, 0) is 0 Å². The summed E-state index contributed by atoms with van der Waals surface area (Å²) in [6.07, 6.45) is 1.10. The van der Waals surface area contributed by atoms with E-state index in [0.717, 1.165) is 49.5 Å². The van der Waals surface area contributed by atoms with Gasteiger partial charge in [0, 0.05) is 26.2 Å². The zero-order valence-electron chi connectivity index (χ0n) is 12.3. The zero-order chi connectivity index (χ0) is 14.1. The molecule has 0 aromatic heterocycles. The van der Waals surface area contributed by atoms with Crippen LogP contribution in [0, 0.1) is 11.8 Å². The fraction of sp³-hybridized carbons (Fsp3) is 0.562. The molecule has 0 aliphatic carbocycles. The third-order valence-electron chi connectivity index (χ3n) is 4.66. The Labute approximate surface area is 120 Å². The molecule has 1 fully saturated rings. The Kier molecular flexibility index (Phi) is 3.55. The minimum absolute atomic E-state index is 0.164. The summed E-state index contributed by atoms with van der Waals surface area (Å²) < 4.78 is 0. The van der Waals surface area contributed by atoms with Crippen molar-refractivity contribution in [1.29, 1.82) is 0 Å². The SMILES string of the molecule is CC1CCN(C(=O)c2cccc3c2NCCN3)CC1C. The van der Waals surface area contributed by atoms with Gasteiger partial charge >= 0.3 is 0 Å². The normalized spacial score (nSPS) is 25.4. The van der Waals surface area contributed by atoms with Crippen LogP contribution in [0.5, 0.6) is 0 Å². The third kappa shape index (κ3) is 2.35. The molecule has 1 aromatic rings. The van der Waals surface area contributed by atoms with Crippen LogP contribution in [-0.4, -0.2) is 37.0 Å². The van der Waals surface area contributed by atoms with Crippen molar-refractivity contribution < 1.29 is 4.79 Å². The fourth-order valence-electron chi connectivity index (χ4n) is 3.07. The average molecular weight is 273 g/mol. The number of amides is 1. The minimum Gasteiger partial charge on any atom is -0.382 e. The number of para-hydroxylation sites is 1. The Balaban J connectivity index is 1.84. The molecule has 2 aliphatic heterocycles. The number of rotatable bonds is 1. The number of nitrogens with one attached hydrogen (secondary N) is 2. The first-order valence-electron chi connectivity index (χ1n) is 7.57. The Bertz CT molecular complexity index is 514. The summed E-state index contributed by atoms with van der Waals surface area (Å²) in [7, 11) is 0. The number of benzene rings is 1. The van der Waals surface area contributed by atoms with Crippen molar-refractivity contribution >= 4 is 17.3 Å². The molecule has 108 valence electrons. The summed E-state index contributed by atoms with van der Waals surface area (Å²) in [5.41, 5.74) is 2.81. The lowest BCUT2D eigenvalue weighted by Gasteiger charge is -2.36. The molecule has 4 heteroatoms. The van der Waals surface area contributed by atoms with E-state index < -0.39 is 0 Å². The predicted octanol–water partition coefficient (Wildman–Crippen LogP) is 2.64. The molecule has 2 unspecified atom stereocenters. The Morgan fingerprint density at radius 2 is 2.00 bits per heavy atom. The molecule has 0 bridgehead atoms. The van der Waals surface area contributed by atoms with Gasteiger partial charge in [-0.2, -0.15) is 0 Å². The maximum Gasteiger partial charge on any atom is 0.256 e. The molecule has 1 aromatic carbocycles. The van der Waals surface area contributed by atoms with E-state index >= 15 is 0 Å². The molecular weight excluding hydrogens is 250 g/mol. The smallest absolute Gasteiger partial charge is 0.256 e. The molecular formula is C16H23N3O. The molecule has 0 radical (unpaired) electrons. The first-order chi connectivity index (χ1) is 9.66. The average Bonchev–Trinajstić information content (AvgIpc) is 2.49. The van der Waals surface area contributed by atoms with Crippen LogP contribution in [0.1, 0.15) is 30.6 Å². The molecule has 1 amide bonds. The molecule has 0 saturated carbocycles. The number of likely N-dealkylation sites (tertiary alicyclic amines) is 1. The maximum atomic E-state index is 12.8. The van der Waals surface area contributed by atoms with Crippen molar-refractivity contribution in [2.24, 2.45) is 11.8 Å². The second-order valence-corrected chi connectivity index (χ2v) is 6.08. The van der Waals surface area contributed by atoms with Gasteiger partial charge in [-0.15, -0.1) is 0 Å². The van der Waals surface area contributed by atoms with Gasteiger partial charge in [-0.05, 0) is 30.4 Å². The molecule has 4 nitrogen and oxygen atoms in total. The van der Waals surface area contributed by atoms with Gasteiger partial charge in [-0.25, -0.2) is 0 Å². The summed E-state index contributed by atoms with van der Waals surface area (Å²) in [6.45, 7) is 8.04. The van der Waals surface area contributed by atoms with Crippen LogP contribution in [0.4, 0.5) is 11.4 Å². The number of nitrogens with zero attached hydrogens (tertiary/aromatic N) is 1. The molecule has 0 spiro atoms. The first kappa shape index (κ1) is 13.3. The van der Waals surface area contributed by atoms with E-state index in [0.29, 0.717) is 11.8 Å². The molecule has 2 atom stereocenters. The van der Waals surface area contributed by atoms with Crippen LogP contribution in [0.2, 0.25) is 0 Å². The maximum absolute atomic E-state index is 12.8. The van der Waals surface area contributed by atoms with E-state index in [9.17, 15) is 4.79 Å². The van der Waals surface area contributed by atoms with Gasteiger partial charge in [0.15, 0.2) is 0 Å². The van der Waals surface area contributed by atoms with Crippen molar-refractivity contribution in [2.45, 2.75) is 20.3 Å². The van der Waals surface area contributed by atoms with Crippen LogP contribution in [0.15, 0.2) is 18.2 Å². The third-order valence-corrected chi connectivity index (χ3v) is 4.66. The van der Waals surface area contributed by atoms with E-state index in [1.165, 1.54) is 0 Å². The number of piperidine rings is 1. The van der Waals surface area contributed by atoms with Gasteiger partial charge in [0.25, 0.3) is 5.91 Å². The fourth-order valence-corrected chi connectivity index (χ4v) is 3.07. The molecule has 2 aliphatic rings. The van der Waals surface area contributed by atoms with Crippen molar-refractivity contribution in [3.05, 3.63) is 23.8 Å². The van der Waals surface area contributed by atoms with Crippen LogP contribution in [0.3, 0.4) is 0 Å². The highest BCUT2D eigenvalue weighted by molar-refractivity contribution is 6.02. The van der Waals surface area contributed by atoms with Crippen LogP contribution in [0.25, 0.3) is 0 Å². The number of carbonyl (C=O) groups excluding carboxylic acids is 1. The van der Waals surface area contributed by atoms with Gasteiger partial charge < -0.3 is 15.5 Å². The highest BCUT2D eigenvalue weighted by Crippen LogP contribution is 2.31. The Morgan fingerprint density at radius 1 is 1.20 bits per heavy atom. The van der Waals surface area contributed by atoms with E-state index in [1.54, 1.807) is 0 Å². The summed E-state index contributed by atoms with van der Waals surface area (Å²) in [4.78, 5) is 14.8. The van der Waals surface area contributed by atoms with Gasteiger partial charge in [0.05, 0.1) is 16.9 Å². The largest absolute Gasteiger partial charge is 0.382 e. The second-order valence-electron chi connectivity index (χ2n) is 6.08. The number of anilines is 2. The highest BCUT2D eigenvalue weighted by Gasteiger charge is 2.28. The molecule has 2 N–H and O–H groups in total. The van der Waals surface area contributed by atoms with E-state index in [1.807, 2.05) is 23.1 Å². The molecule has 1 saturated heterocycles. The minimum atomic E-state index is 0.164. The van der Waals surface area contributed by atoms with Crippen LogP contribution < -0.4 is 10.6 Å². The lowest BCUT2D eigenvalue weighted by atomic mass is 9.88. The van der Waals surface area contributed by atoms with E-state index in [4.69, 9.17) is 0 Å². The van der Waals surface area contributed by atoms with Crippen LogP contribution >= 0.6 is 0 Å². The lowest BCUT2D eigenvalue weighted by molar-refractivity contribution is 0.0628. The van der Waals surface area contributed by atoms with Gasteiger partial charge in [0.1, 0.15) is 0 Å². The van der Waals surface area contributed by atoms with Gasteiger partial charge in [-0.1, -0.05) is 19.9 Å². The summed E-state index contributed by atoms with van der Waals surface area (Å²) in [5, 5.41) is 6.70.